The van der Waals surface area contributed by atoms with E-state index in [4.69, 9.17) is 9.47 Å². The van der Waals surface area contributed by atoms with E-state index < -0.39 is 0 Å². The highest BCUT2D eigenvalue weighted by Crippen LogP contribution is 2.20. The zero-order valence-electron chi connectivity index (χ0n) is 15.4. The van der Waals surface area contributed by atoms with Crippen molar-refractivity contribution < 1.29 is 14.3 Å². The van der Waals surface area contributed by atoms with Crippen molar-refractivity contribution >= 4 is 11.7 Å². The number of hydrogen-bond donors (Lipinski definition) is 0. The van der Waals surface area contributed by atoms with Gasteiger partial charge in [0, 0.05) is 37.9 Å². The second-order valence-corrected chi connectivity index (χ2v) is 6.53. The first-order valence-electron chi connectivity index (χ1n) is 9.02. The van der Waals surface area contributed by atoms with E-state index in [-0.39, 0.29) is 5.97 Å². The van der Waals surface area contributed by atoms with Gasteiger partial charge >= 0.3 is 5.97 Å². The Labute approximate surface area is 155 Å². The average molecular weight is 354 g/mol. The number of methoxy groups -OCH3 is 1. The summed E-state index contributed by atoms with van der Waals surface area (Å²) in [7, 11) is 1.40. The molecule has 5 heteroatoms. The molecule has 0 radical (unpaired) electrons. The van der Waals surface area contributed by atoms with E-state index in [0.717, 1.165) is 37.6 Å². The van der Waals surface area contributed by atoms with Gasteiger partial charge in [-0.15, -0.1) is 0 Å². The summed E-state index contributed by atoms with van der Waals surface area (Å²) in [5.41, 5.74) is 1.73. The van der Waals surface area contributed by atoms with Crippen LogP contribution < -0.4 is 9.64 Å². The lowest BCUT2D eigenvalue weighted by molar-refractivity contribution is 0.0600. The number of esters is 1. The lowest BCUT2D eigenvalue weighted by atomic mass is 10.1. The minimum Gasteiger partial charge on any atom is -0.492 e. The molecule has 0 spiro atoms. The molecule has 1 aliphatic rings. The van der Waals surface area contributed by atoms with Crippen LogP contribution in [0.1, 0.15) is 17.3 Å². The number of rotatable bonds is 6. The molecule has 0 bridgehead atoms. The number of ether oxygens (including phenoxy) is 2. The number of hydrogen-bond acceptors (Lipinski definition) is 5. The van der Waals surface area contributed by atoms with E-state index in [1.807, 2.05) is 54.6 Å². The zero-order chi connectivity index (χ0) is 18.4. The summed E-state index contributed by atoms with van der Waals surface area (Å²) in [4.78, 5) is 16.4. The Hall–Kier alpha value is -2.53. The minimum atomic E-state index is -0.298. The van der Waals surface area contributed by atoms with Gasteiger partial charge in [-0.3, -0.25) is 4.90 Å². The van der Waals surface area contributed by atoms with Crippen LogP contribution in [-0.2, 0) is 4.74 Å². The highest BCUT2D eigenvalue weighted by Gasteiger charge is 2.23. The topological polar surface area (TPSA) is 42.0 Å². The van der Waals surface area contributed by atoms with E-state index in [9.17, 15) is 4.79 Å². The minimum absolute atomic E-state index is 0.298. The molecule has 2 aromatic carbocycles. The molecule has 1 atom stereocenters. The number of carbonyl (C=O) groups excluding carboxylic acids is 1. The second kappa shape index (κ2) is 8.72. The highest BCUT2D eigenvalue weighted by molar-refractivity contribution is 5.89. The molecule has 1 saturated heterocycles. The van der Waals surface area contributed by atoms with Gasteiger partial charge in [0.05, 0.1) is 12.7 Å². The van der Waals surface area contributed by atoms with Gasteiger partial charge in [-0.1, -0.05) is 18.2 Å². The number of para-hydroxylation sites is 1. The predicted molar refractivity (Wildman–Crippen MR) is 103 cm³/mol. The molecule has 26 heavy (non-hydrogen) atoms. The van der Waals surface area contributed by atoms with Gasteiger partial charge < -0.3 is 14.4 Å². The molecule has 1 unspecified atom stereocenters. The monoisotopic (exact) mass is 354 g/mol. The lowest BCUT2D eigenvalue weighted by Gasteiger charge is -2.41. The Morgan fingerprint density at radius 1 is 1.08 bits per heavy atom. The number of carbonyl (C=O) groups is 1. The SMILES string of the molecule is COC(=O)c1ccc(N2CCN(CCOc3ccccc3)C(C)C2)cc1. The maximum Gasteiger partial charge on any atom is 0.337 e. The van der Waals surface area contributed by atoms with Gasteiger partial charge in [-0.25, -0.2) is 4.79 Å². The molecule has 5 nitrogen and oxygen atoms in total. The lowest BCUT2D eigenvalue weighted by Crippen LogP contribution is -2.52. The van der Waals surface area contributed by atoms with E-state index in [1.54, 1.807) is 0 Å². The fraction of sp³-hybridized carbons (Fsp3) is 0.381. The normalized spacial score (nSPS) is 17.8. The van der Waals surface area contributed by atoms with Crippen LogP contribution in [0.5, 0.6) is 5.75 Å². The van der Waals surface area contributed by atoms with Crippen molar-refractivity contribution in [2.75, 3.05) is 44.8 Å². The van der Waals surface area contributed by atoms with Crippen molar-refractivity contribution in [3.63, 3.8) is 0 Å². The maximum atomic E-state index is 11.5. The first-order valence-corrected chi connectivity index (χ1v) is 9.02. The van der Waals surface area contributed by atoms with Crippen molar-refractivity contribution in [1.82, 2.24) is 4.90 Å². The van der Waals surface area contributed by atoms with Crippen molar-refractivity contribution in [2.24, 2.45) is 0 Å². The third kappa shape index (κ3) is 4.55. The van der Waals surface area contributed by atoms with Gasteiger partial charge in [0.15, 0.2) is 0 Å². The molecule has 0 N–H and O–H groups in total. The van der Waals surface area contributed by atoms with E-state index in [0.29, 0.717) is 18.2 Å². The first kappa shape index (κ1) is 18.3. The van der Waals surface area contributed by atoms with Crippen molar-refractivity contribution in [1.29, 1.82) is 0 Å². The van der Waals surface area contributed by atoms with Crippen LogP contribution in [0.3, 0.4) is 0 Å². The van der Waals surface area contributed by atoms with Crippen LogP contribution in [0.25, 0.3) is 0 Å². The molecule has 2 aromatic rings. The fourth-order valence-electron chi connectivity index (χ4n) is 3.29. The molecule has 0 aliphatic carbocycles. The molecule has 3 rings (SSSR count). The van der Waals surface area contributed by atoms with Crippen molar-refractivity contribution in [2.45, 2.75) is 13.0 Å². The van der Waals surface area contributed by atoms with Crippen LogP contribution in [0.2, 0.25) is 0 Å². The smallest absolute Gasteiger partial charge is 0.337 e. The summed E-state index contributed by atoms with van der Waals surface area (Å²) in [5.74, 6) is 0.623. The third-order valence-electron chi connectivity index (χ3n) is 4.81. The van der Waals surface area contributed by atoms with Crippen LogP contribution >= 0.6 is 0 Å². The summed E-state index contributed by atoms with van der Waals surface area (Å²) in [5, 5.41) is 0. The van der Waals surface area contributed by atoms with Crippen LogP contribution in [0.15, 0.2) is 54.6 Å². The summed E-state index contributed by atoms with van der Waals surface area (Å²) in [6.45, 7) is 6.79. The largest absolute Gasteiger partial charge is 0.492 e. The molecule has 1 heterocycles. The van der Waals surface area contributed by atoms with E-state index >= 15 is 0 Å². The van der Waals surface area contributed by atoms with Crippen molar-refractivity contribution in [3.05, 3.63) is 60.2 Å². The van der Waals surface area contributed by atoms with Gasteiger partial charge in [-0.05, 0) is 43.3 Å². The number of nitrogens with zero attached hydrogens (tertiary/aromatic N) is 2. The third-order valence-corrected chi connectivity index (χ3v) is 4.81. The second-order valence-electron chi connectivity index (χ2n) is 6.53. The quantitative estimate of drug-likeness (QED) is 0.746. The molecular weight excluding hydrogens is 328 g/mol. The number of anilines is 1. The van der Waals surface area contributed by atoms with E-state index in [2.05, 4.69) is 16.7 Å². The first-order chi connectivity index (χ1) is 12.7. The van der Waals surface area contributed by atoms with Crippen LogP contribution in [0.4, 0.5) is 5.69 Å². The fourth-order valence-corrected chi connectivity index (χ4v) is 3.29. The summed E-state index contributed by atoms with van der Waals surface area (Å²) >= 11 is 0. The average Bonchev–Trinajstić information content (AvgIpc) is 2.69. The Kier molecular flexibility index (Phi) is 6.12. The number of piperazine rings is 1. The van der Waals surface area contributed by atoms with Crippen LogP contribution in [0, 0.1) is 0 Å². The summed E-state index contributed by atoms with van der Waals surface area (Å²) in [6.07, 6.45) is 0. The molecule has 0 saturated carbocycles. The maximum absolute atomic E-state index is 11.5. The summed E-state index contributed by atoms with van der Waals surface area (Å²) in [6, 6.07) is 18.0. The molecule has 1 aliphatic heterocycles. The molecular formula is C21H26N2O3. The van der Waals surface area contributed by atoms with Crippen LogP contribution in [-0.4, -0.2) is 56.8 Å². The molecule has 0 aromatic heterocycles. The zero-order valence-corrected chi connectivity index (χ0v) is 15.4. The summed E-state index contributed by atoms with van der Waals surface area (Å²) < 4.78 is 10.6. The Balaban J connectivity index is 1.49. The Morgan fingerprint density at radius 3 is 2.46 bits per heavy atom. The van der Waals surface area contributed by atoms with Gasteiger partial charge in [0.1, 0.15) is 12.4 Å². The number of benzene rings is 2. The molecule has 138 valence electrons. The Bertz CT molecular complexity index is 703. The standard InChI is InChI=1S/C21H26N2O3/c1-17-16-23(19-10-8-18(9-11-19)21(24)25-2)13-12-22(17)14-15-26-20-6-4-3-5-7-20/h3-11,17H,12-16H2,1-2H3. The van der Waals surface area contributed by atoms with Gasteiger partial charge in [-0.2, -0.15) is 0 Å². The van der Waals surface area contributed by atoms with Gasteiger partial charge in [0.25, 0.3) is 0 Å². The predicted octanol–water partition coefficient (Wildman–Crippen LogP) is 3.06. The van der Waals surface area contributed by atoms with Crippen molar-refractivity contribution in [3.8, 4) is 5.75 Å². The highest BCUT2D eigenvalue weighted by atomic mass is 16.5. The van der Waals surface area contributed by atoms with Gasteiger partial charge in [0.2, 0.25) is 0 Å². The molecule has 1 fully saturated rings. The van der Waals surface area contributed by atoms with E-state index in [1.165, 1.54) is 7.11 Å². The Morgan fingerprint density at radius 2 is 1.81 bits per heavy atom. The molecule has 0 amide bonds.